The number of hydrogen-bond donors (Lipinski definition) is 1. The van der Waals surface area contributed by atoms with Gasteiger partial charge in [0.1, 0.15) is 0 Å². The van der Waals surface area contributed by atoms with E-state index in [0.717, 1.165) is 39.8 Å². The molecule has 0 atom stereocenters. The van der Waals surface area contributed by atoms with Crippen LogP contribution in [0.2, 0.25) is 0 Å². The summed E-state index contributed by atoms with van der Waals surface area (Å²) in [6, 6.07) is 13.4. The summed E-state index contributed by atoms with van der Waals surface area (Å²) in [7, 11) is 3.17. The number of pyridine rings is 1. The Morgan fingerprint density at radius 1 is 1.07 bits per heavy atom. The molecular formula is C22H24N2O3. The lowest BCUT2D eigenvalue weighted by Crippen LogP contribution is -2.16. The van der Waals surface area contributed by atoms with Gasteiger partial charge in [-0.2, -0.15) is 0 Å². The van der Waals surface area contributed by atoms with E-state index in [2.05, 4.69) is 12.2 Å². The van der Waals surface area contributed by atoms with Gasteiger partial charge in [-0.25, -0.2) is 0 Å². The summed E-state index contributed by atoms with van der Waals surface area (Å²) in [6.45, 7) is 4.07. The number of aromatic nitrogens is 1. The zero-order chi connectivity index (χ0) is 19.4. The molecule has 0 saturated carbocycles. The normalized spacial score (nSPS) is 10.7. The fourth-order valence-corrected chi connectivity index (χ4v) is 3.22. The first kappa shape index (κ1) is 18.7. The average Bonchev–Trinajstić information content (AvgIpc) is 2.69. The third-order valence-corrected chi connectivity index (χ3v) is 4.65. The minimum absolute atomic E-state index is 0.0799. The molecular weight excluding hydrogens is 340 g/mol. The van der Waals surface area contributed by atoms with E-state index in [9.17, 15) is 4.79 Å². The Bertz CT molecular complexity index is 983. The van der Waals surface area contributed by atoms with E-state index in [4.69, 9.17) is 14.5 Å². The van der Waals surface area contributed by atoms with E-state index in [1.165, 1.54) is 0 Å². The Hall–Kier alpha value is -3.08. The molecule has 0 aliphatic heterocycles. The summed E-state index contributed by atoms with van der Waals surface area (Å²) in [5, 5.41) is 4.04. The Labute approximate surface area is 159 Å². The molecule has 0 bridgehead atoms. The van der Waals surface area contributed by atoms with Crippen LogP contribution in [0.5, 0.6) is 11.5 Å². The predicted octanol–water partition coefficient (Wildman–Crippen LogP) is 4.30. The molecule has 1 N–H and O–H groups in total. The summed E-state index contributed by atoms with van der Waals surface area (Å²) < 4.78 is 10.6. The van der Waals surface area contributed by atoms with Crippen LogP contribution < -0.4 is 14.8 Å². The number of fused-ring (bicyclic) bond motifs is 1. The van der Waals surface area contributed by atoms with E-state index in [1.807, 2.05) is 49.4 Å². The van der Waals surface area contributed by atoms with E-state index < -0.39 is 0 Å². The van der Waals surface area contributed by atoms with Crippen molar-refractivity contribution in [3.05, 3.63) is 59.3 Å². The summed E-state index contributed by atoms with van der Waals surface area (Å²) in [5.41, 5.74) is 4.59. The third-order valence-electron chi connectivity index (χ3n) is 4.65. The highest BCUT2D eigenvalue weighted by Crippen LogP contribution is 2.30. The number of rotatable bonds is 6. The van der Waals surface area contributed by atoms with Crippen molar-refractivity contribution in [2.24, 2.45) is 0 Å². The Balaban J connectivity index is 1.89. The first-order valence-corrected chi connectivity index (χ1v) is 8.96. The van der Waals surface area contributed by atoms with Crippen LogP contribution in [0.4, 0.5) is 5.69 Å². The van der Waals surface area contributed by atoms with Crippen LogP contribution in [0.3, 0.4) is 0 Å². The number of anilines is 1. The molecule has 0 unspecified atom stereocenters. The summed E-state index contributed by atoms with van der Waals surface area (Å²) in [4.78, 5) is 17.4. The monoisotopic (exact) mass is 364 g/mol. The zero-order valence-corrected chi connectivity index (χ0v) is 16.1. The first-order valence-electron chi connectivity index (χ1n) is 8.96. The number of nitrogens with one attached hydrogen (secondary N) is 1. The van der Waals surface area contributed by atoms with Crippen molar-refractivity contribution < 1.29 is 14.3 Å². The number of para-hydroxylation sites is 1. The number of aryl methyl sites for hydroxylation is 1. The fourth-order valence-electron chi connectivity index (χ4n) is 3.22. The fraction of sp³-hybridized carbons (Fsp3) is 0.273. The standard InChI is InChI=1S/C22H24N2O3/c1-5-17-14(2)22(16-8-6-7-9-18(16)23-17)24-21(25)13-15-10-11-19(26-3)20(12-15)27-4/h6-12H,5,13H2,1-4H3,(H,23,24,25). The second kappa shape index (κ2) is 8.08. The molecule has 3 rings (SSSR count). The number of ether oxygens (including phenoxy) is 2. The number of hydrogen-bond acceptors (Lipinski definition) is 4. The van der Waals surface area contributed by atoms with Crippen molar-refractivity contribution in [2.45, 2.75) is 26.7 Å². The van der Waals surface area contributed by atoms with Crippen molar-refractivity contribution >= 4 is 22.5 Å². The minimum atomic E-state index is -0.0799. The maximum atomic E-state index is 12.7. The van der Waals surface area contributed by atoms with E-state index >= 15 is 0 Å². The van der Waals surface area contributed by atoms with Crippen LogP contribution in [0.1, 0.15) is 23.7 Å². The van der Waals surface area contributed by atoms with Gasteiger partial charge in [-0.05, 0) is 42.7 Å². The van der Waals surface area contributed by atoms with Gasteiger partial charge < -0.3 is 14.8 Å². The largest absolute Gasteiger partial charge is 0.493 e. The van der Waals surface area contributed by atoms with Crippen LogP contribution in [0, 0.1) is 6.92 Å². The molecule has 0 aliphatic rings. The SMILES string of the molecule is CCc1nc2ccccc2c(NC(=O)Cc2ccc(OC)c(OC)c2)c1C. The number of methoxy groups -OCH3 is 2. The predicted molar refractivity (Wildman–Crippen MR) is 108 cm³/mol. The second-order valence-corrected chi connectivity index (χ2v) is 6.34. The molecule has 0 radical (unpaired) electrons. The molecule has 5 heteroatoms. The van der Waals surface area contributed by atoms with Crippen LogP contribution >= 0.6 is 0 Å². The smallest absolute Gasteiger partial charge is 0.228 e. The maximum absolute atomic E-state index is 12.7. The molecule has 0 saturated heterocycles. The summed E-state index contributed by atoms with van der Waals surface area (Å²) >= 11 is 0. The van der Waals surface area contributed by atoms with Crippen molar-refractivity contribution in [3.63, 3.8) is 0 Å². The first-order chi connectivity index (χ1) is 13.1. The molecule has 0 spiro atoms. The van der Waals surface area contributed by atoms with E-state index in [1.54, 1.807) is 14.2 Å². The number of amides is 1. The van der Waals surface area contributed by atoms with Gasteiger partial charge in [0, 0.05) is 11.1 Å². The molecule has 27 heavy (non-hydrogen) atoms. The molecule has 5 nitrogen and oxygen atoms in total. The lowest BCUT2D eigenvalue weighted by atomic mass is 10.0. The molecule has 1 amide bonds. The molecule has 0 fully saturated rings. The Kier molecular flexibility index (Phi) is 5.60. The van der Waals surface area contributed by atoms with Crippen molar-refractivity contribution in [2.75, 3.05) is 19.5 Å². The highest BCUT2D eigenvalue weighted by atomic mass is 16.5. The van der Waals surface area contributed by atoms with Gasteiger partial charge in [0.2, 0.25) is 5.91 Å². The lowest BCUT2D eigenvalue weighted by Gasteiger charge is -2.15. The molecule has 2 aromatic carbocycles. The van der Waals surface area contributed by atoms with Gasteiger partial charge in [0.25, 0.3) is 0 Å². The second-order valence-electron chi connectivity index (χ2n) is 6.34. The van der Waals surface area contributed by atoms with Crippen LogP contribution in [-0.2, 0) is 17.6 Å². The number of nitrogens with zero attached hydrogens (tertiary/aromatic N) is 1. The van der Waals surface area contributed by atoms with Crippen LogP contribution in [0.15, 0.2) is 42.5 Å². The third kappa shape index (κ3) is 3.87. The topological polar surface area (TPSA) is 60.5 Å². The number of carbonyl (C=O) groups is 1. The van der Waals surface area contributed by atoms with Gasteiger partial charge >= 0.3 is 0 Å². The van der Waals surface area contributed by atoms with Crippen molar-refractivity contribution in [1.82, 2.24) is 4.98 Å². The van der Waals surface area contributed by atoms with Crippen LogP contribution in [-0.4, -0.2) is 25.1 Å². The Morgan fingerprint density at radius 2 is 1.81 bits per heavy atom. The minimum Gasteiger partial charge on any atom is -0.493 e. The van der Waals surface area contributed by atoms with Crippen molar-refractivity contribution in [3.8, 4) is 11.5 Å². The lowest BCUT2D eigenvalue weighted by molar-refractivity contribution is -0.115. The molecule has 0 aliphatic carbocycles. The number of benzene rings is 2. The van der Waals surface area contributed by atoms with Gasteiger partial charge in [0.15, 0.2) is 11.5 Å². The zero-order valence-electron chi connectivity index (χ0n) is 16.1. The quantitative estimate of drug-likeness (QED) is 0.708. The van der Waals surface area contributed by atoms with E-state index in [0.29, 0.717) is 11.5 Å². The van der Waals surface area contributed by atoms with Gasteiger partial charge in [-0.15, -0.1) is 0 Å². The highest BCUT2D eigenvalue weighted by molar-refractivity contribution is 6.03. The summed E-state index contributed by atoms with van der Waals surface area (Å²) in [5.74, 6) is 1.18. The summed E-state index contributed by atoms with van der Waals surface area (Å²) in [6.07, 6.45) is 1.06. The van der Waals surface area contributed by atoms with Gasteiger partial charge in [-0.1, -0.05) is 31.2 Å². The van der Waals surface area contributed by atoms with Crippen molar-refractivity contribution in [1.29, 1.82) is 0 Å². The number of carbonyl (C=O) groups excluding carboxylic acids is 1. The molecule has 1 heterocycles. The van der Waals surface area contributed by atoms with E-state index in [-0.39, 0.29) is 12.3 Å². The Morgan fingerprint density at radius 3 is 2.52 bits per heavy atom. The molecule has 3 aromatic rings. The average molecular weight is 364 g/mol. The highest BCUT2D eigenvalue weighted by Gasteiger charge is 2.14. The van der Waals surface area contributed by atoms with Gasteiger partial charge in [0.05, 0.1) is 31.8 Å². The maximum Gasteiger partial charge on any atom is 0.228 e. The van der Waals surface area contributed by atoms with Gasteiger partial charge in [-0.3, -0.25) is 9.78 Å². The van der Waals surface area contributed by atoms with Crippen LogP contribution in [0.25, 0.3) is 10.9 Å². The molecule has 140 valence electrons. The molecule has 1 aromatic heterocycles.